The Morgan fingerprint density at radius 3 is 2.68 bits per heavy atom. The fraction of sp³-hybridized carbons (Fsp3) is 0.167. The molecule has 1 heterocycles. The van der Waals surface area contributed by atoms with Gasteiger partial charge in [0, 0.05) is 16.6 Å². The molecule has 1 unspecified atom stereocenters. The third-order valence-electron chi connectivity index (χ3n) is 4.80. The Morgan fingerprint density at radius 1 is 1.29 bits per heavy atom. The molecule has 1 atom stereocenters. The van der Waals surface area contributed by atoms with E-state index in [0.29, 0.717) is 16.8 Å². The molecule has 0 radical (unpaired) electrons. The predicted molar refractivity (Wildman–Crippen MR) is 121 cm³/mol. The molecule has 7 heteroatoms. The van der Waals surface area contributed by atoms with Crippen LogP contribution in [0.25, 0.3) is 5.70 Å². The van der Waals surface area contributed by atoms with Crippen molar-refractivity contribution in [3.8, 4) is 0 Å². The quantitative estimate of drug-likeness (QED) is 0.450. The standard InChI is InChI=1S/C24H22BrFN2O3/c1-4-5-15(2)14-31-28-16(3)21-12-18(25)8-11-20(21)22(24(28)30)23(29)27-13-17-6-9-19(26)10-7-17/h4-12,22H,1,3,13-14H2,2H3,(H,27,29)/b15-5+. The molecular formula is C24H22BrFN2O3. The maximum Gasteiger partial charge on any atom is 0.267 e. The third-order valence-corrected chi connectivity index (χ3v) is 5.29. The Balaban J connectivity index is 1.87. The fourth-order valence-electron chi connectivity index (χ4n) is 3.23. The Hall–Kier alpha value is -3.03. The summed E-state index contributed by atoms with van der Waals surface area (Å²) in [5, 5.41) is 3.84. The number of hydroxylamine groups is 2. The molecule has 160 valence electrons. The molecule has 2 amide bonds. The summed E-state index contributed by atoms with van der Waals surface area (Å²) in [6.07, 6.45) is 3.40. The number of hydrogen-bond acceptors (Lipinski definition) is 3. The van der Waals surface area contributed by atoms with Crippen molar-refractivity contribution in [2.24, 2.45) is 0 Å². The lowest BCUT2D eigenvalue weighted by molar-refractivity contribution is -0.168. The first-order chi connectivity index (χ1) is 14.8. The van der Waals surface area contributed by atoms with Crippen LogP contribution >= 0.6 is 15.9 Å². The Bertz CT molecular complexity index is 1060. The Morgan fingerprint density at radius 2 is 2.00 bits per heavy atom. The molecule has 0 bridgehead atoms. The lowest BCUT2D eigenvalue weighted by Gasteiger charge is -2.34. The van der Waals surface area contributed by atoms with Crippen LogP contribution in [-0.2, 0) is 21.0 Å². The topological polar surface area (TPSA) is 58.6 Å². The minimum atomic E-state index is -1.10. The van der Waals surface area contributed by atoms with Gasteiger partial charge in [0.15, 0.2) is 0 Å². The minimum Gasteiger partial charge on any atom is -0.351 e. The number of amides is 2. The third kappa shape index (κ3) is 5.18. The van der Waals surface area contributed by atoms with E-state index in [1.807, 2.05) is 6.92 Å². The molecule has 5 nitrogen and oxygen atoms in total. The van der Waals surface area contributed by atoms with E-state index in [1.54, 1.807) is 42.5 Å². The number of hydrogen-bond donors (Lipinski definition) is 1. The van der Waals surface area contributed by atoms with Crippen LogP contribution in [0.15, 0.2) is 77.8 Å². The first kappa shape index (κ1) is 22.7. The first-order valence-corrected chi connectivity index (χ1v) is 10.4. The number of allylic oxidation sites excluding steroid dienone is 2. The largest absolute Gasteiger partial charge is 0.351 e. The van der Waals surface area contributed by atoms with E-state index in [-0.39, 0.29) is 19.0 Å². The van der Waals surface area contributed by atoms with E-state index in [1.165, 1.54) is 12.1 Å². The Kier molecular flexibility index (Phi) is 7.20. The molecule has 1 aliphatic heterocycles. The van der Waals surface area contributed by atoms with Gasteiger partial charge >= 0.3 is 0 Å². The van der Waals surface area contributed by atoms with E-state index >= 15 is 0 Å². The number of benzene rings is 2. The van der Waals surface area contributed by atoms with Crippen molar-refractivity contribution in [1.82, 2.24) is 10.4 Å². The summed E-state index contributed by atoms with van der Waals surface area (Å²) in [6, 6.07) is 11.1. The molecule has 3 rings (SSSR count). The van der Waals surface area contributed by atoms with Crippen molar-refractivity contribution >= 4 is 33.4 Å². The van der Waals surface area contributed by atoms with Gasteiger partial charge in [-0.2, -0.15) is 5.06 Å². The van der Waals surface area contributed by atoms with Gasteiger partial charge in [-0.1, -0.05) is 59.4 Å². The molecular weight excluding hydrogens is 463 g/mol. The second-order valence-corrected chi connectivity index (χ2v) is 8.03. The molecule has 1 aliphatic rings. The maximum atomic E-state index is 13.2. The van der Waals surface area contributed by atoms with Crippen LogP contribution < -0.4 is 5.32 Å². The monoisotopic (exact) mass is 484 g/mol. The van der Waals surface area contributed by atoms with Crippen LogP contribution in [0.2, 0.25) is 0 Å². The van der Waals surface area contributed by atoms with Crippen molar-refractivity contribution in [1.29, 1.82) is 0 Å². The smallest absolute Gasteiger partial charge is 0.267 e. The molecule has 0 spiro atoms. The van der Waals surface area contributed by atoms with Crippen LogP contribution in [0.5, 0.6) is 0 Å². The number of nitrogens with zero attached hydrogens (tertiary/aromatic N) is 1. The van der Waals surface area contributed by atoms with E-state index < -0.39 is 17.7 Å². The van der Waals surface area contributed by atoms with Gasteiger partial charge in [0.25, 0.3) is 5.91 Å². The van der Waals surface area contributed by atoms with E-state index in [0.717, 1.165) is 20.7 Å². The summed E-state index contributed by atoms with van der Waals surface area (Å²) in [6.45, 7) is 9.79. The first-order valence-electron chi connectivity index (χ1n) is 9.57. The van der Waals surface area contributed by atoms with Gasteiger partial charge in [0.05, 0.1) is 12.3 Å². The zero-order chi connectivity index (χ0) is 22.5. The van der Waals surface area contributed by atoms with Crippen molar-refractivity contribution in [3.05, 3.63) is 100 Å². The number of carbonyl (C=O) groups is 2. The maximum absolute atomic E-state index is 13.2. The highest BCUT2D eigenvalue weighted by Gasteiger charge is 2.41. The number of rotatable bonds is 7. The molecule has 2 aromatic carbocycles. The molecule has 31 heavy (non-hydrogen) atoms. The van der Waals surface area contributed by atoms with Crippen molar-refractivity contribution < 1.29 is 18.8 Å². The van der Waals surface area contributed by atoms with Crippen LogP contribution in [0, 0.1) is 5.82 Å². The van der Waals surface area contributed by atoms with Crippen LogP contribution in [0.3, 0.4) is 0 Å². The molecule has 0 fully saturated rings. The lowest BCUT2D eigenvalue weighted by Crippen LogP contribution is -2.44. The zero-order valence-corrected chi connectivity index (χ0v) is 18.6. The van der Waals surface area contributed by atoms with Crippen LogP contribution in [0.1, 0.15) is 29.5 Å². The number of fused-ring (bicyclic) bond motifs is 1. The number of nitrogens with one attached hydrogen (secondary N) is 1. The summed E-state index contributed by atoms with van der Waals surface area (Å²) in [4.78, 5) is 32.0. The van der Waals surface area contributed by atoms with Crippen LogP contribution in [-0.4, -0.2) is 23.5 Å². The van der Waals surface area contributed by atoms with Gasteiger partial charge in [-0.3, -0.25) is 14.4 Å². The Labute approximate surface area is 189 Å². The average molecular weight is 485 g/mol. The molecule has 0 saturated carbocycles. The highest BCUT2D eigenvalue weighted by atomic mass is 79.9. The van der Waals surface area contributed by atoms with Crippen molar-refractivity contribution in [2.45, 2.75) is 19.4 Å². The predicted octanol–water partition coefficient (Wildman–Crippen LogP) is 4.87. The second-order valence-electron chi connectivity index (χ2n) is 7.11. The summed E-state index contributed by atoms with van der Waals surface area (Å²) >= 11 is 3.42. The summed E-state index contributed by atoms with van der Waals surface area (Å²) in [5.74, 6) is -2.46. The number of carbonyl (C=O) groups excluding carboxylic acids is 2. The molecule has 0 aliphatic carbocycles. The highest BCUT2D eigenvalue weighted by molar-refractivity contribution is 9.10. The summed E-state index contributed by atoms with van der Waals surface area (Å²) in [7, 11) is 0. The van der Waals surface area contributed by atoms with Gasteiger partial charge in [0.1, 0.15) is 11.7 Å². The average Bonchev–Trinajstić information content (AvgIpc) is 2.74. The molecule has 1 N–H and O–H groups in total. The molecule has 0 saturated heterocycles. The zero-order valence-electron chi connectivity index (χ0n) is 17.0. The summed E-state index contributed by atoms with van der Waals surface area (Å²) in [5.41, 5.74) is 3.12. The van der Waals surface area contributed by atoms with Gasteiger partial charge in [0.2, 0.25) is 5.91 Å². The van der Waals surface area contributed by atoms with E-state index in [4.69, 9.17) is 4.84 Å². The highest BCUT2D eigenvalue weighted by Crippen LogP contribution is 2.37. The van der Waals surface area contributed by atoms with Crippen molar-refractivity contribution in [3.63, 3.8) is 0 Å². The van der Waals surface area contributed by atoms with Crippen molar-refractivity contribution in [2.75, 3.05) is 6.61 Å². The normalized spacial score (nSPS) is 16.2. The van der Waals surface area contributed by atoms with Crippen LogP contribution in [0.4, 0.5) is 4.39 Å². The molecule has 0 aromatic heterocycles. The van der Waals surface area contributed by atoms with E-state index in [2.05, 4.69) is 34.4 Å². The summed E-state index contributed by atoms with van der Waals surface area (Å²) < 4.78 is 13.9. The number of halogens is 2. The van der Waals surface area contributed by atoms with E-state index in [9.17, 15) is 14.0 Å². The van der Waals surface area contributed by atoms with Gasteiger partial charge in [-0.05, 0) is 47.9 Å². The minimum absolute atomic E-state index is 0.143. The lowest BCUT2D eigenvalue weighted by atomic mass is 9.87. The van der Waals surface area contributed by atoms with Gasteiger partial charge in [-0.15, -0.1) is 0 Å². The van der Waals surface area contributed by atoms with Gasteiger partial charge in [-0.25, -0.2) is 4.39 Å². The molecule has 2 aromatic rings. The van der Waals surface area contributed by atoms with Gasteiger partial charge < -0.3 is 5.32 Å². The second kappa shape index (κ2) is 9.85. The fourth-order valence-corrected chi connectivity index (χ4v) is 3.59. The SMILES string of the molecule is C=C/C=C(\C)CON1C(=C)c2cc(Br)ccc2C(C(=O)NCc2ccc(F)cc2)C1=O.